The highest BCUT2D eigenvalue weighted by atomic mass is 14.9. The molecular formula is C19H33N. The summed E-state index contributed by atoms with van der Waals surface area (Å²) in [7, 11) is 0. The zero-order valence-electron chi connectivity index (χ0n) is 14.5. The summed E-state index contributed by atoms with van der Waals surface area (Å²) in [5.41, 5.74) is 3.39. The minimum Gasteiger partial charge on any atom is -0.314 e. The molecule has 1 aromatic rings. The van der Waals surface area contributed by atoms with Crippen LogP contribution in [-0.4, -0.2) is 12.6 Å². The van der Waals surface area contributed by atoms with Gasteiger partial charge in [-0.15, -0.1) is 0 Å². The summed E-state index contributed by atoms with van der Waals surface area (Å²) in [5, 5.41) is 3.63. The van der Waals surface area contributed by atoms with Crippen LogP contribution in [0.15, 0.2) is 24.3 Å². The van der Waals surface area contributed by atoms with E-state index >= 15 is 0 Å². The molecule has 0 aromatic heterocycles. The highest BCUT2D eigenvalue weighted by molar-refractivity contribution is 5.32. The lowest BCUT2D eigenvalue weighted by molar-refractivity contribution is 0.354. The fourth-order valence-electron chi connectivity index (χ4n) is 2.73. The Balaban J connectivity index is 3.03. The normalized spacial score (nSPS) is 13.0. The van der Waals surface area contributed by atoms with Gasteiger partial charge in [-0.1, -0.05) is 72.7 Å². The van der Waals surface area contributed by atoms with E-state index in [2.05, 4.69) is 78.0 Å². The second-order valence-corrected chi connectivity index (χ2v) is 7.35. The summed E-state index contributed by atoms with van der Waals surface area (Å²) < 4.78 is 0. The summed E-state index contributed by atoms with van der Waals surface area (Å²) in [6.07, 6.45) is 2.36. The van der Waals surface area contributed by atoms with E-state index in [4.69, 9.17) is 0 Å². The molecule has 1 aromatic carbocycles. The summed E-state index contributed by atoms with van der Waals surface area (Å²) in [5.74, 6) is 0. The molecule has 0 amide bonds. The molecule has 114 valence electrons. The van der Waals surface area contributed by atoms with Crippen molar-refractivity contribution in [1.82, 2.24) is 5.32 Å². The van der Waals surface area contributed by atoms with Crippen LogP contribution in [0.1, 0.15) is 72.4 Å². The van der Waals surface area contributed by atoms with Crippen molar-refractivity contribution in [3.63, 3.8) is 0 Å². The van der Waals surface area contributed by atoms with Gasteiger partial charge in [-0.25, -0.2) is 0 Å². The van der Waals surface area contributed by atoms with Crippen molar-refractivity contribution in [3.8, 4) is 0 Å². The van der Waals surface area contributed by atoms with Gasteiger partial charge in [0.2, 0.25) is 0 Å². The minimum atomic E-state index is 0.232. The van der Waals surface area contributed by atoms with Gasteiger partial charge >= 0.3 is 0 Å². The average molecular weight is 275 g/mol. The number of hydrogen-bond donors (Lipinski definition) is 1. The maximum absolute atomic E-state index is 3.63. The predicted octanol–water partition coefficient (Wildman–Crippen LogP) is 5.04. The molecule has 0 aliphatic carbocycles. The van der Waals surface area contributed by atoms with E-state index in [1.165, 1.54) is 24.0 Å². The molecule has 1 nitrogen and oxygen atoms in total. The monoisotopic (exact) mass is 275 g/mol. The van der Waals surface area contributed by atoms with Gasteiger partial charge in [-0.05, 0) is 29.4 Å². The van der Waals surface area contributed by atoms with Gasteiger partial charge in [0, 0.05) is 18.0 Å². The molecule has 1 N–H and O–H groups in total. The average Bonchev–Trinajstić information content (AvgIpc) is 2.40. The maximum atomic E-state index is 3.63. The summed E-state index contributed by atoms with van der Waals surface area (Å²) in [4.78, 5) is 0. The molecule has 0 spiro atoms. The zero-order valence-corrected chi connectivity index (χ0v) is 14.5. The van der Waals surface area contributed by atoms with Crippen molar-refractivity contribution in [2.45, 2.75) is 78.2 Å². The van der Waals surface area contributed by atoms with Crippen molar-refractivity contribution in [2.75, 3.05) is 6.54 Å². The third-order valence-corrected chi connectivity index (χ3v) is 4.57. The first-order chi connectivity index (χ1) is 9.25. The molecule has 1 rings (SSSR count). The second-order valence-electron chi connectivity index (χ2n) is 7.35. The summed E-state index contributed by atoms with van der Waals surface area (Å²) in [6.45, 7) is 16.9. The van der Waals surface area contributed by atoms with Crippen LogP contribution < -0.4 is 5.32 Å². The molecular weight excluding hydrogens is 242 g/mol. The van der Waals surface area contributed by atoms with Crippen LogP contribution in [0.5, 0.6) is 0 Å². The maximum Gasteiger partial charge on any atom is 0.00726 e. The minimum absolute atomic E-state index is 0.232. The van der Waals surface area contributed by atoms with Crippen LogP contribution >= 0.6 is 0 Å². The molecule has 0 fully saturated rings. The van der Waals surface area contributed by atoms with Crippen molar-refractivity contribution in [2.24, 2.45) is 0 Å². The predicted molar refractivity (Wildman–Crippen MR) is 90.5 cm³/mol. The van der Waals surface area contributed by atoms with E-state index in [1.54, 1.807) is 0 Å². The summed E-state index contributed by atoms with van der Waals surface area (Å²) >= 11 is 0. The molecule has 0 atom stereocenters. The standard InChI is InChI=1S/C19H33N/c1-8-19(9-2,14-20-15(3)4)17-12-10-16(11-13-17)18(5,6)7/h10-13,15,20H,8-9,14H2,1-7H3. The van der Waals surface area contributed by atoms with E-state index < -0.39 is 0 Å². The largest absolute Gasteiger partial charge is 0.314 e. The lowest BCUT2D eigenvalue weighted by Gasteiger charge is -2.34. The lowest BCUT2D eigenvalue weighted by Crippen LogP contribution is -2.40. The Morgan fingerprint density at radius 2 is 1.35 bits per heavy atom. The molecule has 0 heterocycles. The fraction of sp³-hybridized carbons (Fsp3) is 0.684. The fourth-order valence-corrected chi connectivity index (χ4v) is 2.73. The quantitative estimate of drug-likeness (QED) is 0.767. The number of benzene rings is 1. The molecule has 1 heteroatoms. The van der Waals surface area contributed by atoms with Gasteiger partial charge in [0.25, 0.3) is 0 Å². The Labute approximate surface area is 126 Å². The molecule has 0 aliphatic rings. The molecule has 20 heavy (non-hydrogen) atoms. The van der Waals surface area contributed by atoms with Gasteiger partial charge in [0.05, 0.1) is 0 Å². The van der Waals surface area contributed by atoms with E-state index in [0.29, 0.717) is 6.04 Å². The SMILES string of the molecule is CCC(CC)(CNC(C)C)c1ccc(C(C)(C)C)cc1. The molecule has 0 unspecified atom stereocenters. The second kappa shape index (κ2) is 6.76. The van der Waals surface area contributed by atoms with Gasteiger partial charge < -0.3 is 5.32 Å². The lowest BCUT2D eigenvalue weighted by atomic mass is 9.74. The van der Waals surface area contributed by atoms with Crippen molar-refractivity contribution in [3.05, 3.63) is 35.4 Å². The highest BCUT2D eigenvalue weighted by Gasteiger charge is 2.28. The Hall–Kier alpha value is -0.820. The molecule has 0 bridgehead atoms. The van der Waals surface area contributed by atoms with Gasteiger partial charge in [-0.3, -0.25) is 0 Å². The first-order valence-electron chi connectivity index (χ1n) is 8.09. The zero-order chi connectivity index (χ0) is 15.4. The molecule has 0 aliphatic heterocycles. The molecule has 0 saturated heterocycles. The molecule has 0 saturated carbocycles. The Morgan fingerprint density at radius 3 is 1.70 bits per heavy atom. The number of nitrogens with one attached hydrogen (secondary N) is 1. The van der Waals surface area contributed by atoms with Crippen LogP contribution in [0.25, 0.3) is 0 Å². The van der Waals surface area contributed by atoms with E-state index in [0.717, 1.165) is 6.54 Å². The van der Waals surface area contributed by atoms with Crippen LogP contribution in [0.2, 0.25) is 0 Å². The topological polar surface area (TPSA) is 12.0 Å². The van der Waals surface area contributed by atoms with Crippen molar-refractivity contribution >= 4 is 0 Å². The van der Waals surface area contributed by atoms with Crippen LogP contribution in [0.3, 0.4) is 0 Å². The van der Waals surface area contributed by atoms with Crippen LogP contribution in [0.4, 0.5) is 0 Å². The van der Waals surface area contributed by atoms with E-state index in [1.807, 2.05) is 0 Å². The Morgan fingerprint density at radius 1 is 0.900 bits per heavy atom. The number of rotatable bonds is 6. The van der Waals surface area contributed by atoms with Gasteiger partial charge in [-0.2, -0.15) is 0 Å². The highest BCUT2D eigenvalue weighted by Crippen LogP contribution is 2.33. The van der Waals surface area contributed by atoms with Crippen LogP contribution in [0, 0.1) is 0 Å². The van der Waals surface area contributed by atoms with Crippen molar-refractivity contribution < 1.29 is 0 Å². The Kier molecular flexibility index (Phi) is 5.82. The van der Waals surface area contributed by atoms with Gasteiger partial charge in [0.1, 0.15) is 0 Å². The third-order valence-electron chi connectivity index (χ3n) is 4.57. The first kappa shape index (κ1) is 17.2. The first-order valence-corrected chi connectivity index (χ1v) is 8.09. The third kappa shape index (κ3) is 4.09. The Bertz CT molecular complexity index is 391. The van der Waals surface area contributed by atoms with E-state index in [9.17, 15) is 0 Å². The molecule has 0 radical (unpaired) electrons. The van der Waals surface area contributed by atoms with Crippen molar-refractivity contribution in [1.29, 1.82) is 0 Å². The van der Waals surface area contributed by atoms with Gasteiger partial charge in [0.15, 0.2) is 0 Å². The number of hydrogen-bond acceptors (Lipinski definition) is 1. The summed E-state index contributed by atoms with van der Waals surface area (Å²) in [6, 6.07) is 9.85. The van der Waals surface area contributed by atoms with E-state index in [-0.39, 0.29) is 10.8 Å². The smallest absolute Gasteiger partial charge is 0.00726 e. The van der Waals surface area contributed by atoms with Crippen LogP contribution in [-0.2, 0) is 10.8 Å².